The molecule has 15 nitrogen and oxygen atoms in total. The van der Waals surface area contributed by atoms with E-state index in [1.807, 2.05) is 71.9 Å². The summed E-state index contributed by atoms with van der Waals surface area (Å²) in [5, 5.41) is 29.1. The summed E-state index contributed by atoms with van der Waals surface area (Å²) in [7, 11) is -2.57. The molecule has 9 rings (SSSR count). The second-order valence-corrected chi connectivity index (χ2v) is 25.7. The molecule has 6 aromatic rings. The number of aryl methyl sites for hydroxylation is 3. The Labute approximate surface area is 522 Å². The van der Waals surface area contributed by atoms with Crippen LogP contribution in [0.25, 0.3) is 0 Å². The molecule has 0 radical (unpaired) electrons. The Hall–Kier alpha value is -7.09. The Kier molecular flexibility index (Phi) is 24.2. The molecule has 0 atom stereocenters. The molecule has 19 heteroatoms. The van der Waals surface area contributed by atoms with Gasteiger partial charge in [-0.3, -0.25) is 15.0 Å². The minimum atomic E-state index is -5.75. The third-order valence-electron chi connectivity index (χ3n) is 18.2. The number of alkyl halides is 3. The number of halogens is 3. The number of nitrogens with zero attached hydrogens (tertiary/aromatic N) is 3. The standard InChI is InChI=1S/C24H30F3NO5S.C24H31NO4.C22H27NO3/c1-15-12-22(33-34(29,30)24(25,26)27)17(3)16(2)20(15)13-19-10-11-21(32-14-31-4)23(28-19)18-8-6-5-7-9-18;1-15-12-21(24(26)27)17(3)16(2)20(15)13-19-10-11-22(29-14-28-4)23(25-19)18-8-6-5-7-9-18;1-13-11-19(22(25)26)15(3)14(2)18(13)12-17-9-10-20(24)21(23-17)16-7-5-4-6-8-16/h10-12,18H,5-9,13-14H2,1-4H3;10-12,18H,5-9,13-14H2,1-4H3,(H,26,27);9-11,16,24H,4-8,12H2,1-3H3,(H,25,26). The maximum Gasteiger partial charge on any atom is 0.534 e. The van der Waals surface area contributed by atoms with Crippen LogP contribution in [0, 0.1) is 62.3 Å². The van der Waals surface area contributed by atoms with Crippen LogP contribution in [0.3, 0.4) is 0 Å². The Balaban J connectivity index is 0.000000192. The molecule has 3 N–H and O–H groups in total. The van der Waals surface area contributed by atoms with Crippen molar-refractivity contribution >= 4 is 22.1 Å². The molecule has 3 aromatic heterocycles. The van der Waals surface area contributed by atoms with Crippen molar-refractivity contribution < 1.29 is 69.6 Å². The molecule has 3 saturated carbocycles. The molecular formula is C70H88F3N3O12S. The van der Waals surface area contributed by atoms with Crippen LogP contribution in [0.15, 0.2) is 54.6 Å². The highest BCUT2D eigenvalue weighted by molar-refractivity contribution is 7.88. The second-order valence-electron chi connectivity index (χ2n) is 24.2. The van der Waals surface area contributed by atoms with E-state index in [-0.39, 0.29) is 19.3 Å². The minimum Gasteiger partial charge on any atom is -0.506 e. The van der Waals surface area contributed by atoms with E-state index in [4.69, 9.17) is 33.9 Å². The van der Waals surface area contributed by atoms with Crippen LogP contribution in [0.1, 0.15) is 236 Å². The lowest BCUT2D eigenvalue weighted by Gasteiger charge is -2.24. The highest BCUT2D eigenvalue weighted by atomic mass is 32.2. The van der Waals surface area contributed by atoms with Gasteiger partial charge in [0.15, 0.2) is 13.6 Å². The number of hydrogen-bond donors (Lipinski definition) is 3. The van der Waals surface area contributed by atoms with Crippen molar-refractivity contribution in [2.75, 3.05) is 27.8 Å². The Bertz CT molecular complexity index is 3590. The van der Waals surface area contributed by atoms with Crippen LogP contribution in [0.2, 0.25) is 0 Å². The van der Waals surface area contributed by atoms with Crippen molar-refractivity contribution in [3.05, 3.63) is 167 Å². The third kappa shape index (κ3) is 17.5. The first-order valence-electron chi connectivity index (χ1n) is 30.9. The maximum absolute atomic E-state index is 12.8. The van der Waals surface area contributed by atoms with Crippen molar-refractivity contribution in [1.29, 1.82) is 0 Å². The molecule has 0 bridgehead atoms. The van der Waals surface area contributed by atoms with E-state index in [0.717, 1.165) is 141 Å². The van der Waals surface area contributed by atoms with E-state index in [1.54, 1.807) is 53.2 Å². The van der Waals surface area contributed by atoms with E-state index < -0.39 is 27.6 Å². The summed E-state index contributed by atoms with van der Waals surface area (Å²) in [5.74, 6) is 0.794. The fourth-order valence-corrected chi connectivity index (χ4v) is 13.2. The van der Waals surface area contributed by atoms with Crippen LogP contribution in [-0.4, -0.2) is 83.9 Å². The number of aromatic carboxylic acids is 2. The van der Waals surface area contributed by atoms with Gasteiger partial charge >= 0.3 is 27.6 Å². The minimum absolute atomic E-state index is 0.125. The molecule has 3 aliphatic carbocycles. The molecule has 0 amide bonds. The zero-order valence-corrected chi connectivity index (χ0v) is 54.3. The van der Waals surface area contributed by atoms with Crippen molar-refractivity contribution in [3.8, 4) is 23.0 Å². The van der Waals surface area contributed by atoms with E-state index in [9.17, 15) is 46.5 Å². The van der Waals surface area contributed by atoms with Gasteiger partial charge in [-0.1, -0.05) is 57.8 Å². The van der Waals surface area contributed by atoms with Gasteiger partial charge in [-0.15, -0.1) is 0 Å². The lowest BCUT2D eigenvalue weighted by atomic mass is 9.86. The molecule has 482 valence electrons. The van der Waals surface area contributed by atoms with Gasteiger partial charge in [-0.05, 0) is 222 Å². The summed E-state index contributed by atoms with van der Waals surface area (Å²) in [6.45, 7) is 17.0. The first-order chi connectivity index (χ1) is 42.2. The first-order valence-corrected chi connectivity index (χ1v) is 32.3. The lowest BCUT2D eigenvalue weighted by Crippen LogP contribution is -2.28. The van der Waals surface area contributed by atoms with Gasteiger partial charge in [-0.25, -0.2) is 9.59 Å². The summed E-state index contributed by atoms with van der Waals surface area (Å²) in [6.07, 6.45) is 19.2. The summed E-state index contributed by atoms with van der Waals surface area (Å²) in [6, 6.07) is 16.3. The van der Waals surface area contributed by atoms with Crippen molar-refractivity contribution in [1.82, 2.24) is 15.0 Å². The number of hydrogen-bond acceptors (Lipinski definition) is 13. The second kappa shape index (κ2) is 31.1. The van der Waals surface area contributed by atoms with Gasteiger partial charge in [-0.2, -0.15) is 21.6 Å². The topological polar surface area (TPSA) is 214 Å². The van der Waals surface area contributed by atoms with Gasteiger partial charge in [0.25, 0.3) is 0 Å². The molecule has 0 unspecified atom stereocenters. The first kappa shape index (κ1) is 69.4. The normalized spacial score (nSPS) is 15.1. The number of pyridine rings is 3. The monoisotopic (exact) mass is 1250 g/mol. The molecule has 3 fully saturated rings. The lowest BCUT2D eigenvalue weighted by molar-refractivity contribution is -0.0500. The molecular weight excluding hydrogens is 1160 g/mol. The molecule has 3 aliphatic rings. The predicted molar refractivity (Wildman–Crippen MR) is 337 cm³/mol. The Morgan fingerprint density at radius 2 is 0.820 bits per heavy atom. The Morgan fingerprint density at radius 1 is 0.483 bits per heavy atom. The zero-order chi connectivity index (χ0) is 64.9. The number of aromatic nitrogens is 3. The van der Waals surface area contributed by atoms with Crippen LogP contribution in [0.5, 0.6) is 23.0 Å². The summed E-state index contributed by atoms with van der Waals surface area (Å²) in [5.41, 5.74) is 11.1. The highest BCUT2D eigenvalue weighted by Gasteiger charge is 2.49. The molecule has 0 spiro atoms. The molecule has 3 heterocycles. The number of carboxylic acids is 2. The molecule has 89 heavy (non-hydrogen) atoms. The van der Waals surface area contributed by atoms with Gasteiger partial charge in [0, 0.05) is 68.3 Å². The van der Waals surface area contributed by atoms with E-state index in [2.05, 4.69) is 4.18 Å². The van der Waals surface area contributed by atoms with Gasteiger partial charge in [0.1, 0.15) is 23.0 Å². The van der Waals surface area contributed by atoms with Crippen molar-refractivity contribution in [2.45, 2.75) is 201 Å². The highest BCUT2D eigenvalue weighted by Crippen LogP contribution is 2.41. The van der Waals surface area contributed by atoms with Crippen LogP contribution >= 0.6 is 0 Å². The van der Waals surface area contributed by atoms with E-state index in [1.165, 1.54) is 51.0 Å². The number of carboxylic acid groups (broad SMARTS) is 2. The van der Waals surface area contributed by atoms with Gasteiger partial charge < -0.3 is 38.5 Å². The molecule has 0 saturated heterocycles. The van der Waals surface area contributed by atoms with Crippen LogP contribution in [0.4, 0.5) is 13.2 Å². The van der Waals surface area contributed by atoms with Crippen molar-refractivity contribution in [3.63, 3.8) is 0 Å². The van der Waals surface area contributed by atoms with Gasteiger partial charge in [0.2, 0.25) is 0 Å². The van der Waals surface area contributed by atoms with Crippen molar-refractivity contribution in [2.24, 2.45) is 0 Å². The summed E-state index contributed by atoms with van der Waals surface area (Å²) in [4.78, 5) is 37.6. The predicted octanol–water partition coefficient (Wildman–Crippen LogP) is 16.2. The van der Waals surface area contributed by atoms with Crippen LogP contribution < -0.4 is 13.7 Å². The smallest absolute Gasteiger partial charge is 0.506 e. The van der Waals surface area contributed by atoms with E-state index >= 15 is 0 Å². The van der Waals surface area contributed by atoms with Crippen LogP contribution in [-0.2, 0) is 38.9 Å². The number of methoxy groups -OCH3 is 2. The Morgan fingerprint density at radius 3 is 1.18 bits per heavy atom. The number of aromatic hydroxyl groups is 1. The quantitative estimate of drug-likeness (QED) is 0.0391. The number of benzene rings is 3. The molecule has 0 aliphatic heterocycles. The fraction of sp³-hybridized carbons (Fsp3) is 0.500. The summed E-state index contributed by atoms with van der Waals surface area (Å²) >= 11 is 0. The average molecular weight is 1250 g/mol. The summed E-state index contributed by atoms with van der Waals surface area (Å²) < 4.78 is 87.4. The largest absolute Gasteiger partial charge is 0.534 e. The van der Waals surface area contributed by atoms with Gasteiger partial charge in [0.05, 0.1) is 28.2 Å². The van der Waals surface area contributed by atoms with E-state index in [0.29, 0.717) is 76.3 Å². The number of rotatable bonds is 19. The fourth-order valence-electron chi connectivity index (χ4n) is 12.7. The zero-order valence-electron chi connectivity index (χ0n) is 53.5. The SMILES string of the molecule is COCOc1ccc(Cc2c(C)cc(C(=O)O)c(C)c2C)nc1C1CCCCC1.COCOc1ccc(Cc2c(C)cc(OS(=O)(=O)C(F)(F)F)c(C)c2C)nc1C1CCCCC1.Cc1cc(C(=O)O)c(C)c(C)c1Cc1ccc(O)c(C2CCCCC2)n1. The average Bonchev–Trinajstić information content (AvgIpc) is 1.16. The maximum atomic E-state index is 12.8. The molecule has 3 aromatic carbocycles. The third-order valence-corrected chi connectivity index (χ3v) is 19.2. The number of carbonyl (C=O) groups is 2. The number of ether oxygens (including phenoxy) is 4.